The van der Waals surface area contributed by atoms with Crippen LogP contribution >= 0.6 is 0 Å². The zero-order chi connectivity index (χ0) is 91.5. The predicted octanol–water partition coefficient (Wildman–Crippen LogP) is 19.3. The van der Waals surface area contributed by atoms with Gasteiger partial charge in [0, 0.05) is 5.56 Å². The Morgan fingerprint density at radius 1 is 0.222 bits per heavy atom. The van der Waals surface area contributed by atoms with E-state index in [1.54, 1.807) is 7.11 Å². The van der Waals surface area contributed by atoms with Crippen molar-refractivity contribution in [2.45, 2.75) is 332 Å². The third-order valence-electron chi connectivity index (χ3n) is 16.1. The fourth-order valence-corrected chi connectivity index (χ4v) is 131. The van der Waals surface area contributed by atoms with E-state index in [0.717, 1.165) is 48.9 Å². The van der Waals surface area contributed by atoms with Crippen LogP contribution in [-0.2, 0) is 106 Å². The van der Waals surface area contributed by atoms with Crippen LogP contribution in [0.15, 0.2) is 36.4 Å². The summed E-state index contributed by atoms with van der Waals surface area (Å²) in [7, 11) is -60.0. The van der Waals surface area contributed by atoms with Crippen molar-refractivity contribution in [2.75, 3.05) is 33.5 Å². The molecule has 0 aromatic heterocycles. The summed E-state index contributed by atoms with van der Waals surface area (Å²) in [6.07, 6.45) is 3.62. The molecule has 27 nitrogen and oxygen atoms in total. The van der Waals surface area contributed by atoms with Crippen molar-refractivity contribution < 1.29 is 116 Å². The van der Waals surface area contributed by atoms with Gasteiger partial charge in [-0.25, -0.2) is 0 Å². The summed E-state index contributed by atoms with van der Waals surface area (Å²) in [5.41, 5.74) is 3.00. The number of rotatable bonds is 58. The second-order valence-corrected chi connectivity index (χ2v) is 122. The fourth-order valence-electron chi connectivity index (χ4n) is 16.9. The topological polar surface area (TPSA) is 282 Å². The number of ether oxygens (including phenoxy) is 3. The summed E-state index contributed by atoms with van der Waals surface area (Å²) in [5, 5.41) is 28.4. The van der Waals surface area contributed by atoms with Gasteiger partial charge in [-0.15, -0.1) is 0 Å². The highest BCUT2D eigenvalue weighted by atomic mass is 28.6. The van der Waals surface area contributed by atoms with Gasteiger partial charge in [0.25, 0.3) is 0 Å². The molecule has 0 fully saturated rings. The van der Waals surface area contributed by atoms with E-state index in [4.69, 9.17) is 101 Å². The molecule has 49 heteroatoms. The normalized spacial score (nSPS) is 15.1. The van der Waals surface area contributed by atoms with Crippen molar-refractivity contribution in [1.29, 1.82) is 0 Å². The monoisotopic (exact) mass is 2030 g/mol. The SMILES string of the molecule is COc1cc(CCC[Si](C)(C)O[Si](C)(C)O[Si](C)(C)O[Si](C)(C)O[Si](C)(C)O[Si](C)(C)O[Si](C)(C)O[Si](C)(C)O[Si](C)(C)O[Si](C)(C)O[Si](C)(C)O[Si](C)(C)O[Si](C)(C)O[Si](C)(C)O[Si](C)(C)O[Si](C)(C)O[Si](C)(C)O[Si](C)(C)O[Si](C)(C)O[Si](C)(C)O[Si](C)(C)O[Si](C)(C)CCCc2ccc(OCCO)c(CO)c2)ccc1OCCO. The lowest BCUT2D eigenvalue weighted by Gasteiger charge is -2.45. The molecule has 0 saturated heterocycles. The molecular weight excluding hydrogens is 1870 g/mol. The van der Waals surface area contributed by atoms with E-state index in [9.17, 15) is 15.3 Å². The van der Waals surface area contributed by atoms with Gasteiger partial charge in [-0.2, -0.15) is 0 Å². The minimum Gasteiger partial charge on any atom is -0.493 e. The van der Waals surface area contributed by atoms with E-state index in [2.05, 4.69) is 294 Å². The Balaban J connectivity index is 2.02. The Hall–Kier alpha value is 1.65. The van der Waals surface area contributed by atoms with Gasteiger partial charge in [-0.1, -0.05) is 12.1 Å². The maximum Gasteiger partial charge on any atom is 0.314 e. The first-order chi connectivity index (χ1) is 51.8. The van der Waals surface area contributed by atoms with Gasteiger partial charge >= 0.3 is 171 Å². The molecule has 688 valence electrons. The molecule has 0 atom stereocenters. The lowest BCUT2D eigenvalue weighted by molar-refractivity contribution is 0.195. The zero-order valence-electron chi connectivity index (χ0n) is 81.4. The van der Waals surface area contributed by atoms with E-state index in [-0.39, 0.29) is 33.0 Å². The number of aliphatic hydroxyl groups is 3. The van der Waals surface area contributed by atoms with Crippen LogP contribution in [0.4, 0.5) is 0 Å². The molecule has 0 spiro atoms. The van der Waals surface area contributed by atoms with Gasteiger partial charge in [-0.05, 0) is 361 Å². The third kappa shape index (κ3) is 48.8. The number of hydrogen-bond acceptors (Lipinski definition) is 27. The molecule has 0 aliphatic heterocycles. The number of methoxy groups -OCH3 is 1. The van der Waals surface area contributed by atoms with Gasteiger partial charge in [0.05, 0.1) is 26.9 Å². The standard InChI is InChI=1S/C68H166O27Si22/c1-72-68-61-64(51-53-67(68)74-57-55-70)49-47-59-97(4,5)76-99(8,9)78-101(12,13)80-103(16,17)82-105(20,21)84-107(24,25)86-109(28,29)88-111(32,33)90-113(36,37)92-115(40,41)94-117(44,45)95-116(42,43)93-114(38,39)91-112(34,35)89-110(30,31)87-108(26,27)85-106(22,23)83-104(18,19)81-102(14,15)79-100(10,11)77-98(6,7)75-96(2,3)58-46-48-63-50-52-66(73-56-54-69)65(60-63)62-71/h50-53,60-61,69-71H,46-49,54-59,62H2,1-45H3. The first-order valence-electron chi connectivity index (χ1n) is 41.4. The Morgan fingerprint density at radius 3 is 0.590 bits per heavy atom. The van der Waals surface area contributed by atoms with Crippen molar-refractivity contribution in [2.24, 2.45) is 0 Å². The van der Waals surface area contributed by atoms with Gasteiger partial charge in [0.1, 0.15) is 19.0 Å². The number of benzene rings is 2. The largest absolute Gasteiger partial charge is 0.493 e. The molecule has 2 aromatic rings. The van der Waals surface area contributed by atoms with Crippen LogP contribution in [0, 0.1) is 0 Å². The number of aryl methyl sites for hydroxylation is 2. The molecule has 2 aromatic carbocycles. The Kier molecular flexibility index (Phi) is 42.3. The number of aliphatic hydroxyl groups excluding tert-OH is 3. The molecule has 0 radical (unpaired) electrons. The summed E-state index contributed by atoms with van der Waals surface area (Å²) < 4.78 is 163. The zero-order valence-corrected chi connectivity index (χ0v) is 103. The van der Waals surface area contributed by atoms with E-state index in [1.807, 2.05) is 30.3 Å². The minimum atomic E-state index is -2.93. The van der Waals surface area contributed by atoms with E-state index in [0.29, 0.717) is 22.8 Å². The van der Waals surface area contributed by atoms with Gasteiger partial charge in [-0.3, -0.25) is 0 Å². The fraction of sp³-hybridized carbons (Fsp3) is 0.824. The smallest absolute Gasteiger partial charge is 0.314 e. The summed E-state index contributed by atoms with van der Waals surface area (Å²) in [6.45, 7) is 91.7. The van der Waals surface area contributed by atoms with Crippen molar-refractivity contribution in [3.05, 3.63) is 53.1 Å². The van der Waals surface area contributed by atoms with Crippen LogP contribution in [0.1, 0.15) is 29.5 Å². The van der Waals surface area contributed by atoms with Crippen molar-refractivity contribution >= 4 is 188 Å². The van der Waals surface area contributed by atoms with Crippen LogP contribution in [0.25, 0.3) is 0 Å². The maximum atomic E-state index is 9.95. The van der Waals surface area contributed by atoms with Crippen LogP contribution in [0.5, 0.6) is 17.2 Å². The first kappa shape index (κ1) is 115. The molecule has 0 aliphatic rings. The molecule has 3 N–H and O–H groups in total. The molecule has 117 heavy (non-hydrogen) atoms. The number of hydrogen-bond donors (Lipinski definition) is 3. The average Bonchev–Trinajstić information content (AvgIpc) is 0.799. The third-order valence-corrected chi connectivity index (χ3v) is 102. The van der Waals surface area contributed by atoms with Crippen LogP contribution in [-0.4, -0.2) is 237 Å². The summed E-state index contributed by atoms with van der Waals surface area (Å²) in [5.74, 6) is 1.88. The van der Waals surface area contributed by atoms with Crippen molar-refractivity contribution in [3.8, 4) is 17.2 Å². The first-order valence-corrected chi connectivity index (χ1v) is 104. The molecule has 2 rings (SSSR count). The molecule has 0 saturated carbocycles. The second-order valence-electron chi connectivity index (χ2n) is 40.6. The quantitative estimate of drug-likeness (QED) is 0.0519. The molecule has 0 unspecified atom stereocenters. The summed E-state index contributed by atoms with van der Waals surface area (Å²) in [6, 6.07) is 13.7. The highest BCUT2D eigenvalue weighted by Gasteiger charge is 2.56. The average molecular weight is 2030 g/mol. The highest BCUT2D eigenvalue weighted by molar-refractivity contribution is 6.97. The molecule has 0 bridgehead atoms. The molecule has 0 heterocycles. The maximum absolute atomic E-state index is 9.95. The van der Waals surface area contributed by atoms with E-state index < -0.39 is 188 Å². The molecular formula is C68H166O27Si22. The summed E-state index contributed by atoms with van der Waals surface area (Å²) >= 11 is 0. The van der Waals surface area contributed by atoms with Crippen molar-refractivity contribution in [1.82, 2.24) is 0 Å². The van der Waals surface area contributed by atoms with Gasteiger partial charge < -0.3 is 116 Å². The highest BCUT2D eigenvalue weighted by Crippen LogP contribution is 2.38. The second kappa shape index (κ2) is 43.1. The predicted molar refractivity (Wildman–Crippen MR) is 524 cm³/mol. The Labute approximate surface area is 734 Å². The van der Waals surface area contributed by atoms with Crippen LogP contribution in [0.3, 0.4) is 0 Å². The summed E-state index contributed by atoms with van der Waals surface area (Å²) in [4.78, 5) is 0. The van der Waals surface area contributed by atoms with Gasteiger partial charge in [0.15, 0.2) is 28.1 Å². The Bertz CT molecular complexity index is 3180. The van der Waals surface area contributed by atoms with E-state index in [1.165, 1.54) is 0 Å². The molecule has 0 aliphatic carbocycles. The van der Waals surface area contributed by atoms with E-state index >= 15 is 0 Å². The van der Waals surface area contributed by atoms with Gasteiger partial charge in [0.2, 0.25) is 0 Å². The Morgan fingerprint density at radius 2 is 0.402 bits per heavy atom. The lowest BCUT2D eigenvalue weighted by atomic mass is 10.1. The van der Waals surface area contributed by atoms with Crippen molar-refractivity contribution in [3.63, 3.8) is 0 Å². The van der Waals surface area contributed by atoms with Crippen LogP contribution < -0.4 is 14.2 Å². The molecule has 0 amide bonds. The minimum absolute atomic E-state index is 0.0600. The lowest BCUT2D eigenvalue weighted by Crippen LogP contribution is -2.63. The van der Waals surface area contributed by atoms with Crippen LogP contribution in [0.2, 0.25) is 300 Å².